The van der Waals surface area contributed by atoms with Crippen molar-refractivity contribution in [3.8, 4) is 0 Å². The number of rotatable bonds is 4. The van der Waals surface area contributed by atoms with E-state index in [0.717, 1.165) is 0 Å². The summed E-state index contributed by atoms with van der Waals surface area (Å²) in [5.41, 5.74) is 5.97. The molecule has 6 nitrogen and oxygen atoms in total. The maximum absolute atomic E-state index is 5.97. The molecule has 3 atom stereocenters. The van der Waals surface area contributed by atoms with E-state index < -0.39 is 0 Å². The van der Waals surface area contributed by atoms with E-state index in [4.69, 9.17) is 19.7 Å². The van der Waals surface area contributed by atoms with Crippen LogP contribution in [0.1, 0.15) is 44.5 Å². The van der Waals surface area contributed by atoms with E-state index in [-0.39, 0.29) is 18.1 Å². The molecule has 102 valence electrons. The monoisotopic (exact) mass is 255 g/mol. The number of aromatic nitrogens is 2. The van der Waals surface area contributed by atoms with Crippen LogP contribution in [0.25, 0.3) is 0 Å². The van der Waals surface area contributed by atoms with Crippen molar-refractivity contribution >= 4 is 0 Å². The Morgan fingerprint density at radius 2 is 2.06 bits per heavy atom. The molecule has 2 rings (SSSR count). The zero-order chi connectivity index (χ0) is 13.1. The third-order valence-corrected chi connectivity index (χ3v) is 3.13. The van der Waals surface area contributed by atoms with E-state index in [1.807, 2.05) is 6.92 Å². The van der Waals surface area contributed by atoms with Crippen molar-refractivity contribution in [2.45, 2.75) is 38.8 Å². The highest BCUT2D eigenvalue weighted by atomic mass is 16.6. The number of nitrogens with two attached hydrogens (primary N) is 1. The fraction of sp³-hybridized carbons (Fsp3) is 0.833. The predicted octanol–water partition coefficient (Wildman–Crippen LogP) is 1.24. The Morgan fingerprint density at radius 1 is 1.28 bits per heavy atom. The summed E-state index contributed by atoms with van der Waals surface area (Å²) in [4.78, 5) is 4.41. The lowest BCUT2D eigenvalue weighted by Gasteiger charge is -2.21. The van der Waals surface area contributed by atoms with Gasteiger partial charge in [0.1, 0.15) is 6.10 Å². The minimum atomic E-state index is -0.225. The first-order valence-corrected chi connectivity index (χ1v) is 6.38. The first kappa shape index (κ1) is 13.5. The van der Waals surface area contributed by atoms with Crippen molar-refractivity contribution in [1.82, 2.24) is 10.1 Å². The Hall–Kier alpha value is -0.980. The average molecular weight is 255 g/mol. The van der Waals surface area contributed by atoms with Gasteiger partial charge < -0.3 is 19.7 Å². The zero-order valence-electron chi connectivity index (χ0n) is 11.1. The first-order chi connectivity index (χ1) is 8.59. The van der Waals surface area contributed by atoms with E-state index in [1.165, 1.54) is 0 Å². The van der Waals surface area contributed by atoms with Crippen molar-refractivity contribution in [2.75, 3.05) is 19.8 Å². The first-order valence-electron chi connectivity index (χ1n) is 6.38. The van der Waals surface area contributed by atoms with Crippen LogP contribution in [-0.2, 0) is 9.47 Å². The molecule has 1 aromatic rings. The van der Waals surface area contributed by atoms with E-state index in [0.29, 0.717) is 37.5 Å². The van der Waals surface area contributed by atoms with Gasteiger partial charge in [-0.15, -0.1) is 0 Å². The van der Waals surface area contributed by atoms with E-state index in [2.05, 4.69) is 24.0 Å². The highest BCUT2D eigenvalue weighted by Gasteiger charge is 2.29. The van der Waals surface area contributed by atoms with Gasteiger partial charge in [0, 0.05) is 6.04 Å². The smallest absolute Gasteiger partial charge is 0.231 e. The molecule has 0 aliphatic carbocycles. The Kier molecular flexibility index (Phi) is 4.31. The fourth-order valence-corrected chi connectivity index (χ4v) is 2.27. The van der Waals surface area contributed by atoms with Gasteiger partial charge in [0.15, 0.2) is 0 Å². The van der Waals surface area contributed by atoms with Crippen LogP contribution in [0, 0.1) is 5.92 Å². The van der Waals surface area contributed by atoms with E-state index in [9.17, 15) is 0 Å². The third kappa shape index (κ3) is 2.88. The van der Waals surface area contributed by atoms with E-state index in [1.54, 1.807) is 0 Å². The van der Waals surface area contributed by atoms with Crippen molar-refractivity contribution in [3.05, 3.63) is 11.7 Å². The van der Waals surface area contributed by atoms with Gasteiger partial charge in [0.05, 0.1) is 25.7 Å². The average Bonchev–Trinajstić information content (AvgIpc) is 2.78. The summed E-state index contributed by atoms with van der Waals surface area (Å²) in [7, 11) is 0. The van der Waals surface area contributed by atoms with Crippen LogP contribution in [0.5, 0.6) is 0 Å². The Morgan fingerprint density at radius 3 is 2.61 bits per heavy atom. The Bertz CT molecular complexity index is 364. The van der Waals surface area contributed by atoms with Gasteiger partial charge in [-0.25, -0.2) is 0 Å². The molecular weight excluding hydrogens is 234 g/mol. The lowest BCUT2D eigenvalue weighted by atomic mass is 9.90. The standard InChI is InChI=1S/C12H21N3O3/c1-7(2)10(8(3)13)12-14-11(15-18-12)9-6-16-4-5-17-9/h7-10H,4-6,13H2,1-3H3. The SMILES string of the molecule is CC(C)C(c1nc(C2COCCO2)no1)C(C)N. The molecule has 3 unspecified atom stereocenters. The molecule has 1 aromatic heterocycles. The highest BCUT2D eigenvalue weighted by molar-refractivity contribution is 5.01. The molecule has 2 N–H and O–H groups in total. The lowest BCUT2D eigenvalue weighted by Crippen LogP contribution is -2.29. The Balaban J connectivity index is 2.13. The second-order valence-electron chi connectivity index (χ2n) is 5.05. The van der Waals surface area contributed by atoms with Crippen LogP contribution in [0.2, 0.25) is 0 Å². The Labute approximate surface area is 107 Å². The minimum absolute atomic E-state index is 0.0261. The maximum atomic E-state index is 5.97. The van der Waals surface area contributed by atoms with Crippen molar-refractivity contribution in [2.24, 2.45) is 11.7 Å². The van der Waals surface area contributed by atoms with Gasteiger partial charge in [-0.1, -0.05) is 19.0 Å². The summed E-state index contributed by atoms with van der Waals surface area (Å²) in [5.74, 6) is 1.55. The van der Waals surface area contributed by atoms with Crippen LogP contribution < -0.4 is 5.73 Å². The fourth-order valence-electron chi connectivity index (χ4n) is 2.27. The van der Waals surface area contributed by atoms with E-state index >= 15 is 0 Å². The van der Waals surface area contributed by atoms with Crippen molar-refractivity contribution in [1.29, 1.82) is 0 Å². The molecule has 0 spiro atoms. The van der Waals surface area contributed by atoms with Crippen LogP contribution in [0.15, 0.2) is 4.52 Å². The normalized spacial score (nSPS) is 24.2. The summed E-state index contributed by atoms with van der Waals surface area (Å²) < 4.78 is 16.2. The molecule has 6 heteroatoms. The molecule has 0 aromatic carbocycles. The second kappa shape index (κ2) is 5.77. The molecule has 0 amide bonds. The number of nitrogens with zero attached hydrogens (tertiary/aromatic N) is 2. The van der Waals surface area contributed by atoms with Gasteiger partial charge in [-0.05, 0) is 12.8 Å². The lowest BCUT2D eigenvalue weighted by molar-refractivity contribution is -0.0941. The molecule has 0 radical (unpaired) electrons. The molecule has 1 saturated heterocycles. The van der Waals surface area contributed by atoms with Gasteiger partial charge in [0.25, 0.3) is 0 Å². The predicted molar refractivity (Wildman–Crippen MR) is 65.0 cm³/mol. The van der Waals surface area contributed by atoms with Gasteiger partial charge in [0.2, 0.25) is 11.7 Å². The molecule has 1 fully saturated rings. The van der Waals surface area contributed by atoms with Crippen molar-refractivity contribution < 1.29 is 14.0 Å². The molecular formula is C12H21N3O3. The van der Waals surface area contributed by atoms with Crippen LogP contribution >= 0.6 is 0 Å². The number of hydrogen-bond acceptors (Lipinski definition) is 6. The van der Waals surface area contributed by atoms with Gasteiger partial charge in [-0.3, -0.25) is 0 Å². The summed E-state index contributed by atoms with van der Waals surface area (Å²) in [6, 6.07) is -0.0261. The zero-order valence-corrected chi connectivity index (χ0v) is 11.1. The quantitative estimate of drug-likeness (QED) is 0.871. The van der Waals surface area contributed by atoms with Gasteiger partial charge in [-0.2, -0.15) is 4.98 Å². The minimum Gasteiger partial charge on any atom is -0.376 e. The third-order valence-electron chi connectivity index (χ3n) is 3.13. The topological polar surface area (TPSA) is 83.4 Å². The van der Waals surface area contributed by atoms with Crippen LogP contribution in [0.3, 0.4) is 0 Å². The van der Waals surface area contributed by atoms with Crippen LogP contribution in [-0.4, -0.2) is 36.0 Å². The molecule has 0 saturated carbocycles. The number of ether oxygens (including phenoxy) is 2. The number of hydrogen-bond donors (Lipinski definition) is 1. The van der Waals surface area contributed by atoms with Crippen molar-refractivity contribution in [3.63, 3.8) is 0 Å². The largest absolute Gasteiger partial charge is 0.376 e. The summed E-state index contributed by atoms with van der Waals surface area (Å²) >= 11 is 0. The molecule has 18 heavy (non-hydrogen) atoms. The molecule has 1 aliphatic rings. The summed E-state index contributed by atoms with van der Waals surface area (Å²) in [6.45, 7) is 7.81. The molecule has 1 aliphatic heterocycles. The maximum Gasteiger partial charge on any atom is 0.231 e. The summed E-state index contributed by atoms with van der Waals surface area (Å²) in [5, 5.41) is 3.98. The molecule has 2 heterocycles. The van der Waals surface area contributed by atoms with Gasteiger partial charge >= 0.3 is 0 Å². The molecule has 0 bridgehead atoms. The summed E-state index contributed by atoms with van der Waals surface area (Å²) in [6.07, 6.45) is -0.225. The second-order valence-corrected chi connectivity index (χ2v) is 5.05. The van der Waals surface area contributed by atoms with Crippen LogP contribution in [0.4, 0.5) is 0 Å². The highest BCUT2D eigenvalue weighted by Crippen LogP contribution is 2.27.